The molecule has 1 aromatic carbocycles. The molecule has 2 amide bonds. The van der Waals surface area contributed by atoms with Gasteiger partial charge in [-0.3, -0.25) is 0 Å². The van der Waals surface area contributed by atoms with Crippen LogP contribution in [0.3, 0.4) is 0 Å². The Morgan fingerprint density at radius 2 is 1.80 bits per heavy atom. The number of piperidine rings is 1. The van der Waals surface area contributed by atoms with E-state index in [0.717, 1.165) is 50.4 Å². The van der Waals surface area contributed by atoms with Crippen molar-refractivity contribution in [3.8, 4) is 11.4 Å². The van der Waals surface area contributed by atoms with Crippen molar-refractivity contribution in [2.24, 2.45) is 0 Å². The number of amides is 2. The van der Waals surface area contributed by atoms with Crippen molar-refractivity contribution in [3.05, 3.63) is 42.2 Å². The van der Waals surface area contributed by atoms with Crippen LogP contribution in [0.1, 0.15) is 38.4 Å². The van der Waals surface area contributed by atoms with Crippen molar-refractivity contribution in [1.29, 1.82) is 0 Å². The van der Waals surface area contributed by atoms with Gasteiger partial charge in [0.15, 0.2) is 0 Å². The van der Waals surface area contributed by atoms with Crippen LogP contribution >= 0.6 is 0 Å². The van der Waals surface area contributed by atoms with Gasteiger partial charge in [0.25, 0.3) is 0 Å². The lowest BCUT2D eigenvalue weighted by atomic mass is 10.0. The fourth-order valence-corrected chi connectivity index (χ4v) is 3.72. The molecular formula is C20H28N4O. The topological polar surface area (TPSA) is 41.4 Å². The summed E-state index contributed by atoms with van der Waals surface area (Å²) in [4.78, 5) is 21.1. The molecule has 0 bridgehead atoms. The molecule has 0 unspecified atom stereocenters. The third-order valence-electron chi connectivity index (χ3n) is 5.15. The highest BCUT2D eigenvalue weighted by Crippen LogP contribution is 2.30. The number of aryl methyl sites for hydroxylation is 1. The molecule has 2 heterocycles. The lowest BCUT2D eigenvalue weighted by Gasteiger charge is -2.36. The van der Waals surface area contributed by atoms with Crippen LogP contribution in [0.15, 0.2) is 36.5 Å². The molecule has 1 aliphatic rings. The summed E-state index contributed by atoms with van der Waals surface area (Å²) >= 11 is 0. The molecule has 25 heavy (non-hydrogen) atoms. The van der Waals surface area contributed by atoms with Gasteiger partial charge in [-0.05, 0) is 33.6 Å². The van der Waals surface area contributed by atoms with E-state index in [-0.39, 0.29) is 6.03 Å². The van der Waals surface area contributed by atoms with Crippen LogP contribution in [0.5, 0.6) is 0 Å². The van der Waals surface area contributed by atoms with Crippen molar-refractivity contribution < 1.29 is 4.79 Å². The molecule has 2 aromatic rings. The van der Waals surface area contributed by atoms with Gasteiger partial charge in [0.05, 0.1) is 0 Å². The first kappa shape index (κ1) is 17.5. The van der Waals surface area contributed by atoms with Crippen LogP contribution in [0.2, 0.25) is 0 Å². The minimum atomic E-state index is 0.175. The second kappa shape index (κ2) is 7.72. The average molecular weight is 340 g/mol. The molecule has 0 atom stereocenters. The number of imidazole rings is 1. The Labute approximate surface area is 150 Å². The Balaban J connectivity index is 1.74. The maximum absolute atomic E-state index is 12.5. The minimum absolute atomic E-state index is 0.175. The summed E-state index contributed by atoms with van der Waals surface area (Å²) in [6.07, 6.45) is 3.91. The summed E-state index contributed by atoms with van der Waals surface area (Å²) in [6, 6.07) is 10.9. The van der Waals surface area contributed by atoms with E-state index in [9.17, 15) is 4.79 Å². The highest BCUT2D eigenvalue weighted by Gasteiger charge is 2.28. The van der Waals surface area contributed by atoms with Crippen LogP contribution in [-0.4, -0.2) is 51.6 Å². The predicted octanol–water partition coefficient (Wildman–Crippen LogP) is 3.96. The van der Waals surface area contributed by atoms with Crippen LogP contribution in [0.4, 0.5) is 4.79 Å². The number of carbonyl (C=O) groups is 1. The molecule has 1 saturated heterocycles. The fourth-order valence-electron chi connectivity index (χ4n) is 3.72. The molecule has 0 N–H and O–H groups in total. The summed E-state index contributed by atoms with van der Waals surface area (Å²) in [5, 5.41) is 0. The van der Waals surface area contributed by atoms with Crippen molar-refractivity contribution in [3.63, 3.8) is 0 Å². The molecule has 0 saturated carbocycles. The summed E-state index contributed by atoms with van der Waals surface area (Å²) in [5.41, 5.74) is 2.34. The molecule has 1 fully saturated rings. The number of likely N-dealkylation sites (tertiary alicyclic amines) is 1. The normalized spacial score (nSPS) is 15.4. The molecule has 134 valence electrons. The molecule has 5 heteroatoms. The van der Waals surface area contributed by atoms with E-state index >= 15 is 0 Å². The molecule has 1 aliphatic heterocycles. The number of rotatable bonds is 4. The maximum Gasteiger partial charge on any atom is 0.319 e. The van der Waals surface area contributed by atoms with Crippen molar-refractivity contribution in [2.45, 2.75) is 39.7 Å². The Morgan fingerprint density at radius 3 is 2.40 bits per heavy atom. The Hall–Kier alpha value is -2.30. The van der Waals surface area contributed by atoms with E-state index in [4.69, 9.17) is 0 Å². The number of benzene rings is 1. The van der Waals surface area contributed by atoms with E-state index in [1.54, 1.807) is 0 Å². The number of hydrogen-bond acceptors (Lipinski definition) is 2. The van der Waals surface area contributed by atoms with Crippen LogP contribution in [0.25, 0.3) is 11.4 Å². The first-order valence-electron chi connectivity index (χ1n) is 9.28. The Kier molecular flexibility index (Phi) is 5.41. The van der Waals surface area contributed by atoms with Gasteiger partial charge in [0.1, 0.15) is 5.82 Å². The van der Waals surface area contributed by atoms with E-state index < -0.39 is 0 Å². The largest absolute Gasteiger partial charge is 0.325 e. The van der Waals surface area contributed by atoms with Gasteiger partial charge >= 0.3 is 6.03 Å². The quantitative estimate of drug-likeness (QED) is 0.845. The van der Waals surface area contributed by atoms with Crippen molar-refractivity contribution in [2.75, 3.05) is 26.2 Å². The zero-order valence-electron chi connectivity index (χ0n) is 15.5. The lowest BCUT2D eigenvalue weighted by Crippen LogP contribution is -2.46. The maximum atomic E-state index is 12.5. The van der Waals surface area contributed by atoms with E-state index in [1.807, 2.05) is 35.9 Å². The van der Waals surface area contributed by atoms with Gasteiger partial charge < -0.3 is 14.4 Å². The average Bonchev–Trinajstić information content (AvgIpc) is 3.05. The van der Waals surface area contributed by atoms with Crippen LogP contribution in [0, 0.1) is 6.92 Å². The van der Waals surface area contributed by atoms with Crippen LogP contribution < -0.4 is 0 Å². The Bertz CT molecular complexity index is 698. The summed E-state index contributed by atoms with van der Waals surface area (Å²) < 4.78 is 2.36. The molecule has 3 rings (SSSR count). The number of hydrogen-bond donors (Lipinski definition) is 0. The first-order valence-corrected chi connectivity index (χ1v) is 9.28. The first-order chi connectivity index (χ1) is 12.2. The van der Waals surface area contributed by atoms with Gasteiger partial charge in [-0.25, -0.2) is 9.78 Å². The number of aromatic nitrogens is 2. The number of nitrogens with zero attached hydrogens (tertiary/aromatic N) is 4. The number of carbonyl (C=O) groups excluding carboxylic acids is 1. The van der Waals surface area contributed by atoms with Gasteiger partial charge in [-0.1, -0.05) is 30.3 Å². The summed E-state index contributed by atoms with van der Waals surface area (Å²) in [5.74, 6) is 1.03. The van der Waals surface area contributed by atoms with Gasteiger partial charge in [0.2, 0.25) is 0 Å². The zero-order valence-corrected chi connectivity index (χ0v) is 15.5. The van der Waals surface area contributed by atoms with E-state index in [2.05, 4.69) is 40.7 Å². The third-order valence-corrected chi connectivity index (χ3v) is 5.15. The molecule has 0 spiro atoms. The summed E-state index contributed by atoms with van der Waals surface area (Å²) in [6.45, 7) is 9.36. The fraction of sp³-hybridized carbons (Fsp3) is 0.500. The Morgan fingerprint density at radius 1 is 1.16 bits per heavy atom. The highest BCUT2D eigenvalue weighted by atomic mass is 16.2. The van der Waals surface area contributed by atoms with E-state index in [0.29, 0.717) is 6.04 Å². The SMILES string of the molecule is CCN(CC)C(=O)N1CCC(n2c(C)cnc2-c2ccccc2)CC1. The molecule has 0 aliphatic carbocycles. The van der Waals surface area contributed by atoms with Crippen molar-refractivity contribution in [1.82, 2.24) is 19.4 Å². The second-order valence-electron chi connectivity index (χ2n) is 6.63. The third kappa shape index (κ3) is 3.55. The molecule has 0 radical (unpaired) electrons. The number of urea groups is 1. The molecule has 1 aromatic heterocycles. The van der Waals surface area contributed by atoms with E-state index in [1.165, 1.54) is 5.69 Å². The van der Waals surface area contributed by atoms with Gasteiger partial charge in [0, 0.05) is 49.7 Å². The zero-order chi connectivity index (χ0) is 17.8. The lowest BCUT2D eigenvalue weighted by molar-refractivity contribution is 0.137. The molecule has 5 nitrogen and oxygen atoms in total. The standard InChI is InChI=1S/C20H28N4O/c1-4-22(5-2)20(25)23-13-11-18(12-14-23)24-16(3)15-21-19(24)17-9-7-6-8-10-17/h6-10,15,18H,4-5,11-14H2,1-3H3. The smallest absolute Gasteiger partial charge is 0.319 e. The highest BCUT2D eigenvalue weighted by molar-refractivity contribution is 5.74. The minimum Gasteiger partial charge on any atom is -0.325 e. The summed E-state index contributed by atoms with van der Waals surface area (Å²) in [7, 11) is 0. The van der Waals surface area contributed by atoms with Gasteiger partial charge in [-0.15, -0.1) is 0 Å². The van der Waals surface area contributed by atoms with Gasteiger partial charge in [-0.2, -0.15) is 0 Å². The van der Waals surface area contributed by atoms with Crippen LogP contribution in [-0.2, 0) is 0 Å². The molecular weight excluding hydrogens is 312 g/mol. The monoisotopic (exact) mass is 340 g/mol. The van der Waals surface area contributed by atoms with Crippen molar-refractivity contribution >= 4 is 6.03 Å². The second-order valence-corrected chi connectivity index (χ2v) is 6.63. The predicted molar refractivity (Wildman–Crippen MR) is 101 cm³/mol.